The van der Waals surface area contributed by atoms with Gasteiger partial charge in [0.1, 0.15) is 5.82 Å². The highest BCUT2D eigenvalue weighted by Gasteiger charge is 2.23. The van der Waals surface area contributed by atoms with Crippen LogP contribution in [0.3, 0.4) is 0 Å². The van der Waals surface area contributed by atoms with Crippen molar-refractivity contribution in [3.05, 3.63) is 55.1 Å². The Morgan fingerprint density at radius 3 is 2.83 bits per heavy atom. The Kier molecular flexibility index (Phi) is 4.76. The van der Waals surface area contributed by atoms with Crippen molar-refractivity contribution in [2.24, 2.45) is 5.92 Å². The van der Waals surface area contributed by atoms with Gasteiger partial charge in [-0.05, 0) is 43.0 Å². The third kappa shape index (κ3) is 3.25. The number of anilines is 2. The minimum absolute atomic E-state index is 0.203. The molecule has 152 valence electrons. The molecule has 30 heavy (non-hydrogen) atoms. The van der Waals surface area contributed by atoms with Crippen molar-refractivity contribution in [3.63, 3.8) is 0 Å². The smallest absolute Gasteiger partial charge is 0.166 e. The number of nitrogens with zero attached hydrogens (tertiary/aromatic N) is 6. The molecule has 0 spiro atoms. The second-order valence-electron chi connectivity index (χ2n) is 7.60. The van der Waals surface area contributed by atoms with E-state index >= 15 is 0 Å². The van der Waals surface area contributed by atoms with Gasteiger partial charge in [0, 0.05) is 55.6 Å². The lowest BCUT2D eigenvalue weighted by Gasteiger charge is -2.33. The molecule has 4 aromatic heterocycles. The molecule has 3 N–H and O–H groups in total. The van der Waals surface area contributed by atoms with Crippen LogP contribution in [0.2, 0.25) is 0 Å². The zero-order valence-corrected chi connectivity index (χ0v) is 16.5. The Labute approximate surface area is 174 Å². The average Bonchev–Trinajstić information content (AvgIpc) is 3.14. The highest BCUT2D eigenvalue weighted by Crippen LogP contribution is 2.33. The number of rotatable bonds is 4. The topological polar surface area (TPSA) is 105 Å². The number of aliphatic hydroxyl groups is 1. The SMILES string of the molecule is Nc1nn2cc(-c3cccnc3N3CCCC(CO)C3)cnc2c1-c1ccccn1. The molecule has 8 heteroatoms. The van der Waals surface area contributed by atoms with Crippen LogP contribution in [0.1, 0.15) is 12.8 Å². The molecule has 0 bridgehead atoms. The minimum atomic E-state index is 0.203. The van der Waals surface area contributed by atoms with Gasteiger partial charge in [-0.2, -0.15) is 0 Å². The molecule has 5 rings (SSSR count). The second kappa shape index (κ2) is 7.72. The highest BCUT2D eigenvalue weighted by atomic mass is 16.3. The summed E-state index contributed by atoms with van der Waals surface area (Å²) in [4.78, 5) is 16.0. The zero-order chi connectivity index (χ0) is 20.5. The molecule has 1 aliphatic heterocycles. The van der Waals surface area contributed by atoms with E-state index in [1.54, 1.807) is 16.9 Å². The number of fused-ring (bicyclic) bond motifs is 1. The van der Waals surface area contributed by atoms with Crippen LogP contribution in [0.25, 0.3) is 28.0 Å². The highest BCUT2D eigenvalue weighted by molar-refractivity contribution is 5.85. The van der Waals surface area contributed by atoms with E-state index < -0.39 is 0 Å². The van der Waals surface area contributed by atoms with Crippen LogP contribution in [-0.4, -0.2) is 49.4 Å². The van der Waals surface area contributed by atoms with Crippen LogP contribution in [0, 0.1) is 5.92 Å². The average molecular weight is 401 g/mol. The van der Waals surface area contributed by atoms with Gasteiger partial charge in [0.25, 0.3) is 0 Å². The van der Waals surface area contributed by atoms with Crippen molar-refractivity contribution in [1.82, 2.24) is 24.6 Å². The first-order valence-electron chi connectivity index (χ1n) is 10.1. The van der Waals surface area contributed by atoms with Gasteiger partial charge < -0.3 is 15.7 Å². The molecule has 1 saturated heterocycles. The number of aliphatic hydroxyl groups excluding tert-OH is 1. The van der Waals surface area contributed by atoms with E-state index in [1.165, 1.54) is 0 Å². The monoisotopic (exact) mass is 401 g/mol. The quantitative estimate of drug-likeness (QED) is 0.541. The minimum Gasteiger partial charge on any atom is -0.396 e. The van der Waals surface area contributed by atoms with Gasteiger partial charge in [-0.15, -0.1) is 5.10 Å². The van der Waals surface area contributed by atoms with E-state index in [-0.39, 0.29) is 12.5 Å². The molecular formula is C22H23N7O. The summed E-state index contributed by atoms with van der Waals surface area (Å²) in [6, 6.07) is 9.65. The molecule has 8 nitrogen and oxygen atoms in total. The maximum atomic E-state index is 9.60. The van der Waals surface area contributed by atoms with E-state index in [2.05, 4.69) is 25.0 Å². The summed E-state index contributed by atoms with van der Waals surface area (Å²) in [5, 5.41) is 14.1. The number of pyridine rings is 2. The lowest BCUT2D eigenvalue weighted by atomic mass is 9.98. The second-order valence-corrected chi connectivity index (χ2v) is 7.60. The summed E-state index contributed by atoms with van der Waals surface area (Å²) < 4.78 is 1.71. The predicted octanol–water partition coefficient (Wildman–Crippen LogP) is 2.64. The van der Waals surface area contributed by atoms with Crippen molar-refractivity contribution in [3.8, 4) is 22.4 Å². The first-order chi connectivity index (χ1) is 14.7. The Morgan fingerprint density at radius 2 is 2.00 bits per heavy atom. The fourth-order valence-corrected chi connectivity index (χ4v) is 4.13. The van der Waals surface area contributed by atoms with E-state index in [9.17, 15) is 5.11 Å². The maximum absolute atomic E-state index is 9.60. The molecule has 5 heterocycles. The van der Waals surface area contributed by atoms with E-state index in [0.29, 0.717) is 11.5 Å². The number of piperidine rings is 1. The third-order valence-electron chi connectivity index (χ3n) is 5.59. The molecular weight excluding hydrogens is 378 g/mol. The lowest BCUT2D eigenvalue weighted by molar-refractivity contribution is 0.208. The van der Waals surface area contributed by atoms with Crippen LogP contribution in [0.4, 0.5) is 11.6 Å². The number of nitrogen functional groups attached to an aromatic ring is 1. The Morgan fingerprint density at radius 1 is 1.10 bits per heavy atom. The molecule has 0 saturated carbocycles. The summed E-state index contributed by atoms with van der Waals surface area (Å²) >= 11 is 0. The van der Waals surface area contributed by atoms with Crippen molar-refractivity contribution in [1.29, 1.82) is 0 Å². The standard InChI is InChI=1S/C22H23N7O/c23-20-19(18-7-1-2-8-24-18)22-26-11-16(13-29(22)27-20)17-6-3-9-25-21(17)28-10-4-5-15(12-28)14-30/h1-3,6-9,11,13,15,30H,4-5,10,12,14H2,(H2,23,27). The summed E-state index contributed by atoms with van der Waals surface area (Å²) in [6.45, 7) is 1.93. The molecule has 1 atom stereocenters. The van der Waals surface area contributed by atoms with Gasteiger partial charge >= 0.3 is 0 Å². The zero-order valence-electron chi connectivity index (χ0n) is 16.5. The van der Waals surface area contributed by atoms with Crippen molar-refractivity contribution in [2.45, 2.75) is 12.8 Å². The lowest BCUT2D eigenvalue weighted by Crippen LogP contribution is -2.37. The largest absolute Gasteiger partial charge is 0.396 e. The van der Waals surface area contributed by atoms with Gasteiger partial charge in [0.15, 0.2) is 11.5 Å². The van der Waals surface area contributed by atoms with Crippen LogP contribution < -0.4 is 10.6 Å². The maximum Gasteiger partial charge on any atom is 0.166 e. The third-order valence-corrected chi connectivity index (χ3v) is 5.59. The van der Waals surface area contributed by atoms with Gasteiger partial charge in [-0.25, -0.2) is 14.5 Å². The van der Waals surface area contributed by atoms with Gasteiger partial charge in [0.2, 0.25) is 0 Å². The van der Waals surface area contributed by atoms with Crippen LogP contribution in [0.5, 0.6) is 0 Å². The first kappa shape index (κ1) is 18.5. The van der Waals surface area contributed by atoms with Crippen molar-refractivity contribution >= 4 is 17.3 Å². The molecule has 4 aromatic rings. The summed E-state index contributed by atoms with van der Waals surface area (Å²) in [5.74, 6) is 1.58. The normalized spacial score (nSPS) is 16.8. The molecule has 1 fully saturated rings. The predicted molar refractivity (Wildman–Crippen MR) is 116 cm³/mol. The Hall–Kier alpha value is -3.52. The number of hydrogen-bond acceptors (Lipinski definition) is 7. The Balaban J connectivity index is 1.57. The van der Waals surface area contributed by atoms with E-state index in [0.717, 1.165) is 54.1 Å². The molecule has 1 aliphatic rings. The fraction of sp³-hybridized carbons (Fsp3) is 0.273. The number of hydrogen-bond donors (Lipinski definition) is 2. The molecule has 0 aromatic carbocycles. The van der Waals surface area contributed by atoms with E-state index in [4.69, 9.17) is 5.73 Å². The van der Waals surface area contributed by atoms with Crippen LogP contribution in [-0.2, 0) is 0 Å². The summed E-state index contributed by atoms with van der Waals surface area (Å²) in [6.07, 6.45) is 9.38. The van der Waals surface area contributed by atoms with Gasteiger partial charge in [-0.1, -0.05) is 6.07 Å². The van der Waals surface area contributed by atoms with E-state index in [1.807, 2.05) is 42.7 Å². The van der Waals surface area contributed by atoms with Crippen LogP contribution in [0.15, 0.2) is 55.1 Å². The summed E-state index contributed by atoms with van der Waals surface area (Å²) in [5.41, 5.74) is 10.2. The molecule has 1 unspecified atom stereocenters. The van der Waals surface area contributed by atoms with Gasteiger partial charge in [-0.3, -0.25) is 4.98 Å². The summed E-state index contributed by atoms with van der Waals surface area (Å²) in [7, 11) is 0. The van der Waals surface area contributed by atoms with Crippen molar-refractivity contribution in [2.75, 3.05) is 30.3 Å². The van der Waals surface area contributed by atoms with Crippen LogP contribution >= 0.6 is 0 Å². The molecule has 0 aliphatic carbocycles. The van der Waals surface area contributed by atoms with Crippen molar-refractivity contribution < 1.29 is 5.11 Å². The fourth-order valence-electron chi connectivity index (χ4n) is 4.13. The molecule has 0 amide bonds. The number of aromatic nitrogens is 5. The molecule has 0 radical (unpaired) electrons. The first-order valence-corrected chi connectivity index (χ1v) is 10.1. The number of nitrogens with two attached hydrogens (primary N) is 1. The van der Waals surface area contributed by atoms with Gasteiger partial charge in [0.05, 0.1) is 11.3 Å². The Bertz CT molecular complexity index is 1170.